The summed E-state index contributed by atoms with van der Waals surface area (Å²) in [5.41, 5.74) is 1.99. The van der Waals surface area contributed by atoms with Crippen molar-refractivity contribution in [3.8, 4) is 0 Å². The lowest BCUT2D eigenvalue weighted by Gasteiger charge is -2.31. The van der Waals surface area contributed by atoms with Gasteiger partial charge in [0.05, 0.1) is 19.1 Å². The lowest BCUT2D eigenvalue weighted by molar-refractivity contribution is -0.134. The molecule has 1 saturated heterocycles. The summed E-state index contributed by atoms with van der Waals surface area (Å²) in [6.07, 6.45) is 4.62. The fourth-order valence-corrected chi connectivity index (χ4v) is 4.32. The van der Waals surface area contributed by atoms with Gasteiger partial charge in [-0.15, -0.1) is 0 Å². The third kappa shape index (κ3) is 8.24. The monoisotopic (exact) mass is 400 g/mol. The van der Waals surface area contributed by atoms with Crippen LogP contribution in [0.2, 0.25) is 0 Å². The van der Waals surface area contributed by atoms with Gasteiger partial charge in [-0.2, -0.15) is 0 Å². The number of fused-ring (bicyclic) bond motifs is 2. The Morgan fingerprint density at radius 1 is 1.32 bits per heavy atom. The quantitative estimate of drug-likeness (QED) is 0.379. The minimum absolute atomic E-state index is 0.00594. The van der Waals surface area contributed by atoms with Crippen LogP contribution in [0.25, 0.3) is 0 Å². The molecule has 0 aromatic rings. The minimum Gasteiger partial charge on any atom is -0.346 e. The molecule has 0 spiro atoms. The highest BCUT2D eigenvalue weighted by molar-refractivity contribution is 5.87. The molecule has 2 bridgehead atoms. The Kier molecular flexibility index (Phi) is 12.9. The van der Waals surface area contributed by atoms with Crippen molar-refractivity contribution in [3.05, 3.63) is 0 Å². The highest BCUT2D eigenvalue weighted by Gasteiger charge is 2.47. The van der Waals surface area contributed by atoms with E-state index in [9.17, 15) is 14.4 Å². The zero-order valence-corrected chi connectivity index (χ0v) is 18.4. The normalized spacial score (nSPS) is 26.2. The first-order chi connectivity index (χ1) is 13.3. The van der Waals surface area contributed by atoms with Gasteiger partial charge >= 0.3 is 0 Å². The maximum atomic E-state index is 12.5. The first-order valence-electron chi connectivity index (χ1n) is 10.3. The Labute approximate surface area is 169 Å². The second-order valence-electron chi connectivity index (χ2n) is 7.71. The van der Waals surface area contributed by atoms with Crippen LogP contribution in [-0.4, -0.2) is 67.0 Å². The molecule has 164 valence electrons. The van der Waals surface area contributed by atoms with Crippen LogP contribution in [0.3, 0.4) is 0 Å². The van der Waals surface area contributed by atoms with Gasteiger partial charge in [0.15, 0.2) is 0 Å². The number of rotatable bonds is 7. The third-order valence-corrected chi connectivity index (χ3v) is 5.14. The zero-order chi connectivity index (χ0) is 21.7. The molecular weight excluding hydrogens is 360 g/mol. The average molecular weight is 401 g/mol. The molecule has 2 aliphatic rings. The van der Waals surface area contributed by atoms with E-state index in [1.807, 2.05) is 25.7 Å². The SMILES string of the molecule is CC.CCC(NCC=O)C(=O)NCC(=O)N1CC2(C)CC(C)CC1C2.CNO. The van der Waals surface area contributed by atoms with Crippen LogP contribution in [-0.2, 0) is 14.4 Å². The number of hydroxylamine groups is 1. The standard InChI is InChI=1S/C17H29N3O3.C2H6.CH5NO/c1-4-14(18-5-6-21)16(23)19-10-15(22)20-11-17(3)8-12(2)7-13(20)9-17;1-2;1-2-3/h6,12-14,18H,4-5,7-11H2,1-3H3,(H,19,23);1-2H3;2-3H,1H3. The van der Waals surface area contributed by atoms with E-state index in [1.165, 1.54) is 13.5 Å². The molecule has 2 amide bonds. The molecule has 2 rings (SSSR count). The molecular formula is C20H40N4O4. The maximum Gasteiger partial charge on any atom is 0.242 e. The van der Waals surface area contributed by atoms with Crippen LogP contribution in [0.4, 0.5) is 0 Å². The maximum absolute atomic E-state index is 12.5. The van der Waals surface area contributed by atoms with Gasteiger partial charge in [-0.05, 0) is 37.0 Å². The van der Waals surface area contributed by atoms with Crippen LogP contribution in [0.15, 0.2) is 0 Å². The van der Waals surface area contributed by atoms with E-state index < -0.39 is 6.04 Å². The number of nitrogens with zero attached hydrogens (tertiary/aromatic N) is 1. The molecule has 2 fully saturated rings. The summed E-state index contributed by atoms with van der Waals surface area (Å²) in [7, 11) is 1.43. The molecule has 8 nitrogen and oxygen atoms in total. The number of carbonyl (C=O) groups excluding carboxylic acids is 3. The summed E-state index contributed by atoms with van der Waals surface area (Å²) < 4.78 is 0. The van der Waals surface area contributed by atoms with Crippen molar-refractivity contribution in [2.45, 2.75) is 72.4 Å². The van der Waals surface area contributed by atoms with Gasteiger partial charge in [0.2, 0.25) is 11.8 Å². The van der Waals surface area contributed by atoms with Crippen molar-refractivity contribution < 1.29 is 19.6 Å². The van der Waals surface area contributed by atoms with Crippen LogP contribution in [0, 0.1) is 11.3 Å². The van der Waals surface area contributed by atoms with Gasteiger partial charge in [0.25, 0.3) is 0 Å². The summed E-state index contributed by atoms with van der Waals surface area (Å²) in [4.78, 5) is 36.9. The Hall–Kier alpha value is -1.51. The largest absolute Gasteiger partial charge is 0.346 e. The van der Waals surface area contributed by atoms with Gasteiger partial charge in [-0.1, -0.05) is 34.6 Å². The number of carbonyl (C=O) groups is 3. The third-order valence-electron chi connectivity index (χ3n) is 5.14. The lowest BCUT2D eigenvalue weighted by Crippen LogP contribution is -2.48. The van der Waals surface area contributed by atoms with E-state index >= 15 is 0 Å². The minimum atomic E-state index is -0.427. The lowest BCUT2D eigenvalue weighted by atomic mass is 9.73. The van der Waals surface area contributed by atoms with Crippen LogP contribution in [0.5, 0.6) is 0 Å². The first kappa shape index (κ1) is 26.5. The second kappa shape index (κ2) is 13.6. The number of hydrogen-bond acceptors (Lipinski definition) is 6. The van der Waals surface area contributed by atoms with Gasteiger partial charge in [0, 0.05) is 19.6 Å². The molecule has 0 radical (unpaired) electrons. The zero-order valence-electron chi connectivity index (χ0n) is 18.4. The molecule has 8 heteroatoms. The van der Waals surface area contributed by atoms with Crippen molar-refractivity contribution in [1.82, 2.24) is 21.0 Å². The van der Waals surface area contributed by atoms with Gasteiger partial charge in [-0.3, -0.25) is 14.9 Å². The fourth-order valence-electron chi connectivity index (χ4n) is 4.32. The molecule has 4 atom stereocenters. The molecule has 4 N–H and O–H groups in total. The summed E-state index contributed by atoms with van der Waals surface area (Å²) in [6, 6.07) is -0.105. The Morgan fingerprint density at radius 2 is 1.93 bits per heavy atom. The summed E-state index contributed by atoms with van der Waals surface area (Å²) >= 11 is 0. The van der Waals surface area contributed by atoms with Gasteiger partial charge in [-0.25, -0.2) is 5.48 Å². The predicted octanol–water partition coefficient (Wildman–Crippen LogP) is 1.33. The van der Waals surface area contributed by atoms with Crippen LogP contribution >= 0.6 is 0 Å². The summed E-state index contributed by atoms with van der Waals surface area (Å²) in [5.74, 6) is 0.444. The number of nitrogens with one attached hydrogen (secondary N) is 3. The molecule has 4 unspecified atom stereocenters. The van der Waals surface area contributed by atoms with Gasteiger partial charge < -0.3 is 20.2 Å². The van der Waals surface area contributed by atoms with Crippen LogP contribution in [0.1, 0.15) is 60.3 Å². The number of hydrogen-bond donors (Lipinski definition) is 4. The van der Waals surface area contributed by atoms with Crippen molar-refractivity contribution in [2.75, 3.05) is 26.7 Å². The van der Waals surface area contributed by atoms with E-state index in [2.05, 4.69) is 24.5 Å². The second-order valence-corrected chi connectivity index (χ2v) is 7.71. The molecule has 1 aliphatic heterocycles. The molecule has 1 aliphatic carbocycles. The fraction of sp³-hybridized carbons (Fsp3) is 0.850. The van der Waals surface area contributed by atoms with E-state index in [4.69, 9.17) is 5.21 Å². The number of likely N-dealkylation sites (tertiary alicyclic amines) is 1. The molecule has 1 heterocycles. The van der Waals surface area contributed by atoms with E-state index in [1.54, 1.807) is 5.48 Å². The Morgan fingerprint density at radius 3 is 2.46 bits per heavy atom. The topological polar surface area (TPSA) is 111 Å². The smallest absolute Gasteiger partial charge is 0.242 e. The molecule has 0 aromatic heterocycles. The first-order valence-corrected chi connectivity index (χ1v) is 10.3. The van der Waals surface area contributed by atoms with Crippen LogP contribution < -0.4 is 16.1 Å². The Balaban J connectivity index is 0.00000133. The van der Waals surface area contributed by atoms with E-state index in [0.29, 0.717) is 18.4 Å². The molecule has 0 aromatic carbocycles. The summed E-state index contributed by atoms with van der Waals surface area (Å²) in [5, 5.41) is 12.9. The highest BCUT2D eigenvalue weighted by atomic mass is 16.5. The van der Waals surface area contributed by atoms with Crippen molar-refractivity contribution >= 4 is 18.1 Å². The summed E-state index contributed by atoms with van der Waals surface area (Å²) in [6.45, 7) is 11.4. The van der Waals surface area contributed by atoms with E-state index in [-0.39, 0.29) is 30.3 Å². The number of amides is 2. The van der Waals surface area contributed by atoms with Gasteiger partial charge in [0.1, 0.15) is 6.29 Å². The van der Waals surface area contributed by atoms with Crippen molar-refractivity contribution in [1.29, 1.82) is 0 Å². The number of aldehydes is 1. The molecule has 1 saturated carbocycles. The van der Waals surface area contributed by atoms with Crippen molar-refractivity contribution in [3.63, 3.8) is 0 Å². The molecule has 28 heavy (non-hydrogen) atoms. The average Bonchev–Trinajstić information content (AvgIpc) is 2.91. The van der Waals surface area contributed by atoms with Crippen molar-refractivity contribution in [2.24, 2.45) is 11.3 Å². The van der Waals surface area contributed by atoms with E-state index in [0.717, 1.165) is 25.7 Å². The predicted molar refractivity (Wildman–Crippen MR) is 110 cm³/mol. The Bertz CT molecular complexity index is 489. The highest BCUT2D eigenvalue weighted by Crippen LogP contribution is 2.47.